The highest BCUT2D eigenvalue weighted by atomic mass is 32.1. The lowest BCUT2D eigenvalue weighted by molar-refractivity contribution is 0.0474. The van der Waals surface area contributed by atoms with Gasteiger partial charge in [-0.25, -0.2) is 18.9 Å². The molecule has 0 aliphatic carbocycles. The van der Waals surface area contributed by atoms with Crippen LogP contribution in [0.5, 0.6) is 0 Å². The Kier molecular flexibility index (Phi) is 4.29. The van der Waals surface area contributed by atoms with E-state index in [1.54, 1.807) is 22.9 Å². The van der Waals surface area contributed by atoms with Crippen LogP contribution in [0.1, 0.15) is 26.1 Å². The lowest BCUT2D eigenvalue weighted by Crippen LogP contribution is -2.03. The van der Waals surface area contributed by atoms with Crippen LogP contribution < -0.4 is 0 Å². The number of ether oxygens (including phenoxy) is 1. The predicted octanol–water partition coefficient (Wildman–Crippen LogP) is 4.66. The number of hydrogen-bond acceptors (Lipinski definition) is 6. The van der Waals surface area contributed by atoms with Gasteiger partial charge in [0.15, 0.2) is 0 Å². The van der Waals surface area contributed by atoms with Crippen molar-refractivity contribution in [3.63, 3.8) is 0 Å². The molecule has 0 fully saturated rings. The average Bonchev–Trinajstić information content (AvgIpc) is 3.31. The van der Waals surface area contributed by atoms with Crippen LogP contribution in [-0.2, 0) is 11.3 Å². The fourth-order valence-corrected chi connectivity index (χ4v) is 4.26. The second-order valence-corrected chi connectivity index (χ2v) is 7.83. The number of esters is 1. The second-order valence-electron chi connectivity index (χ2n) is 5.74. The van der Waals surface area contributed by atoms with E-state index in [0.29, 0.717) is 4.88 Å². The number of fused-ring (bicyclic) bond motifs is 1. The molecule has 0 unspecified atom stereocenters. The van der Waals surface area contributed by atoms with Crippen LogP contribution >= 0.6 is 22.7 Å². The minimum Gasteiger partial charge on any atom is -0.455 e. The van der Waals surface area contributed by atoms with Gasteiger partial charge in [-0.2, -0.15) is 5.10 Å². The molecule has 5 nitrogen and oxygen atoms in total. The minimum atomic E-state index is -0.387. The van der Waals surface area contributed by atoms with Gasteiger partial charge in [0.25, 0.3) is 0 Å². The van der Waals surface area contributed by atoms with E-state index in [1.165, 1.54) is 34.8 Å². The molecule has 3 aromatic heterocycles. The third-order valence-electron chi connectivity index (χ3n) is 3.83. The molecule has 0 aliphatic rings. The van der Waals surface area contributed by atoms with Crippen LogP contribution in [0.2, 0.25) is 0 Å². The van der Waals surface area contributed by atoms with Crippen LogP contribution in [0.25, 0.3) is 15.9 Å². The van der Waals surface area contributed by atoms with E-state index < -0.39 is 0 Å². The second kappa shape index (κ2) is 6.62. The maximum absolute atomic E-state index is 13.2. The van der Waals surface area contributed by atoms with Crippen molar-refractivity contribution in [3.8, 4) is 5.69 Å². The van der Waals surface area contributed by atoms with E-state index in [2.05, 4.69) is 10.1 Å². The van der Waals surface area contributed by atoms with Crippen molar-refractivity contribution in [3.05, 3.63) is 62.8 Å². The molecule has 0 spiro atoms. The number of thiazole rings is 1. The Morgan fingerprint density at radius 1 is 1.27 bits per heavy atom. The van der Waals surface area contributed by atoms with Crippen LogP contribution in [0.15, 0.2) is 35.7 Å². The average molecular weight is 387 g/mol. The molecule has 0 saturated carbocycles. The number of carbonyl (C=O) groups excluding carboxylic acids is 1. The van der Waals surface area contributed by atoms with Crippen molar-refractivity contribution in [2.75, 3.05) is 0 Å². The zero-order chi connectivity index (χ0) is 18.3. The number of thiophene rings is 1. The molecule has 132 valence electrons. The van der Waals surface area contributed by atoms with Gasteiger partial charge in [-0.1, -0.05) is 0 Å². The minimum absolute atomic E-state index is 0.153. The maximum Gasteiger partial charge on any atom is 0.348 e. The summed E-state index contributed by atoms with van der Waals surface area (Å²) in [5.74, 6) is -0.691. The standard InChI is InChI=1S/C18H14FN3O2S2/c1-10-15-7-16(18(23)24-8-13-9-25-11(2)20-13)26-17(15)22(21-10)14-5-3-12(19)4-6-14/h3-7,9H,8H2,1-2H3. The Hall–Kier alpha value is -2.58. The van der Waals surface area contributed by atoms with E-state index in [-0.39, 0.29) is 18.4 Å². The van der Waals surface area contributed by atoms with Crippen molar-refractivity contribution in [2.45, 2.75) is 20.5 Å². The van der Waals surface area contributed by atoms with Crippen molar-refractivity contribution in [1.29, 1.82) is 0 Å². The summed E-state index contributed by atoms with van der Waals surface area (Å²) in [6.07, 6.45) is 0. The zero-order valence-corrected chi connectivity index (χ0v) is 15.7. The van der Waals surface area contributed by atoms with Gasteiger partial charge in [0.2, 0.25) is 0 Å². The molecule has 0 atom stereocenters. The lowest BCUT2D eigenvalue weighted by atomic mass is 10.3. The highest BCUT2D eigenvalue weighted by molar-refractivity contribution is 7.20. The van der Waals surface area contributed by atoms with Gasteiger partial charge in [-0.05, 0) is 44.2 Å². The predicted molar refractivity (Wildman–Crippen MR) is 99.6 cm³/mol. The lowest BCUT2D eigenvalue weighted by Gasteiger charge is -2.02. The SMILES string of the molecule is Cc1nc(COC(=O)c2cc3c(C)nn(-c4ccc(F)cc4)c3s2)cs1. The van der Waals surface area contributed by atoms with Gasteiger partial charge in [-0.3, -0.25) is 0 Å². The quantitative estimate of drug-likeness (QED) is 0.478. The van der Waals surface area contributed by atoms with Crippen molar-refractivity contribution in [2.24, 2.45) is 0 Å². The maximum atomic E-state index is 13.2. The van der Waals surface area contributed by atoms with Gasteiger partial charge in [-0.15, -0.1) is 22.7 Å². The van der Waals surface area contributed by atoms with Gasteiger partial charge in [0.1, 0.15) is 22.1 Å². The number of benzene rings is 1. The van der Waals surface area contributed by atoms with Crippen LogP contribution in [0, 0.1) is 19.7 Å². The summed E-state index contributed by atoms with van der Waals surface area (Å²) < 4.78 is 20.2. The number of carbonyl (C=O) groups is 1. The normalized spacial score (nSPS) is 11.2. The Labute approximate surface area is 156 Å². The molecular weight excluding hydrogens is 373 g/mol. The molecule has 4 rings (SSSR count). The number of rotatable bonds is 4. The van der Waals surface area contributed by atoms with Crippen LogP contribution in [0.4, 0.5) is 4.39 Å². The molecule has 0 radical (unpaired) electrons. The highest BCUT2D eigenvalue weighted by Crippen LogP contribution is 2.31. The third-order valence-corrected chi connectivity index (χ3v) is 5.75. The van der Waals surface area contributed by atoms with E-state index >= 15 is 0 Å². The first-order chi connectivity index (χ1) is 12.5. The molecule has 4 aromatic rings. The summed E-state index contributed by atoms with van der Waals surface area (Å²) in [6.45, 7) is 3.94. The first-order valence-corrected chi connectivity index (χ1v) is 9.54. The molecule has 0 aliphatic heterocycles. The molecule has 0 N–H and O–H groups in total. The van der Waals surface area contributed by atoms with Gasteiger partial charge in [0.05, 0.1) is 22.1 Å². The number of aryl methyl sites for hydroxylation is 2. The van der Waals surface area contributed by atoms with Gasteiger partial charge in [0, 0.05) is 10.8 Å². The largest absolute Gasteiger partial charge is 0.455 e. The summed E-state index contributed by atoms with van der Waals surface area (Å²) in [5.41, 5.74) is 2.29. The summed E-state index contributed by atoms with van der Waals surface area (Å²) >= 11 is 2.83. The van der Waals surface area contributed by atoms with Crippen LogP contribution in [0.3, 0.4) is 0 Å². The highest BCUT2D eigenvalue weighted by Gasteiger charge is 2.18. The smallest absolute Gasteiger partial charge is 0.348 e. The summed E-state index contributed by atoms with van der Waals surface area (Å²) in [5, 5.41) is 8.19. The summed E-state index contributed by atoms with van der Waals surface area (Å²) in [6, 6.07) is 7.87. The molecule has 0 saturated heterocycles. The van der Waals surface area contributed by atoms with Crippen molar-refractivity contribution >= 4 is 38.9 Å². The molecule has 1 aromatic carbocycles. The zero-order valence-electron chi connectivity index (χ0n) is 14.0. The number of hydrogen-bond donors (Lipinski definition) is 0. The Morgan fingerprint density at radius 3 is 2.73 bits per heavy atom. The molecule has 26 heavy (non-hydrogen) atoms. The first kappa shape index (κ1) is 16.9. The third kappa shape index (κ3) is 3.13. The summed E-state index contributed by atoms with van der Waals surface area (Å²) in [4.78, 5) is 18.0. The van der Waals surface area contributed by atoms with E-state index in [4.69, 9.17) is 4.74 Å². The topological polar surface area (TPSA) is 57.0 Å². The fraction of sp³-hybridized carbons (Fsp3) is 0.167. The molecule has 3 heterocycles. The van der Waals surface area contributed by atoms with E-state index in [1.807, 2.05) is 19.2 Å². The summed E-state index contributed by atoms with van der Waals surface area (Å²) in [7, 11) is 0. The molecular formula is C18H14FN3O2S2. The van der Waals surface area contributed by atoms with Crippen LogP contribution in [-0.4, -0.2) is 20.7 Å². The van der Waals surface area contributed by atoms with Gasteiger partial charge >= 0.3 is 5.97 Å². The monoisotopic (exact) mass is 387 g/mol. The molecule has 0 bridgehead atoms. The van der Waals surface area contributed by atoms with Crippen molar-refractivity contribution < 1.29 is 13.9 Å². The Morgan fingerprint density at radius 2 is 2.04 bits per heavy atom. The van der Waals surface area contributed by atoms with Gasteiger partial charge < -0.3 is 4.74 Å². The van der Waals surface area contributed by atoms with E-state index in [9.17, 15) is 9.18 Å². The first-order valence-electron chi connectivity index (χ1n) is 7.84. The Bertz CT molecular complexity index is 1100. The van der Waals surface area contributed by atoms with E-state index in [0.717, 1.165) is 32.3 Å². The fourth-order valence-electron chi connectivity index (χ4n) is 2.59. The molecule has 8 heteroatoms. The van der Waals surface area contributed by atoms with Crippen molar-refractivity contribution in [1.82, 2.24) is 14.8 Å². The number of nitrogens with zero attached hydrogens (tertiary/aromatic N) is 3. The molecule has 0 amide bonds. The Balaban J connectivity index is 1.61. The number of aromatic nitrogens is 3. The number of halogens is 1.